The summed E-state index contributed by atoms with van der Waals surface area (Å²) < 4.78 is 9.71. The van der Waals surface area contributed by atoms with Crippen LogP contribution < -0.4 is 0 Å². The van der Waals surface area contributed by atoms with Gasteiger partial charge in [0.05, 0.1) is 18.1 Å². The van der Waals surface area contributed by atoms with Crippen molar-refractivity contribution in [3.8, 4) is 0 Å². The molecule has 0 atom stereocenters. The smallest absolute Gasteiger partial charge is 0.232 e. The van der Waals surface area contributed by atoms with Crippen molar-refractivity contribution in [3.05, 3.63) is 47.8 Å². The van der Waals surface area contributed by atoms with Crippen LogP contribution in [0.15, 0.2) is 39.6 Å². The third-order valence-electron chi connectivity index (χ3n) is 1.79. The number of rotatable bonds is 3. The number of carbonyl (C=O) groups excluding carboxylic acids is 2. The molecule has 0 aromatic carbocycles. The Kier molecular flexibility index (Phi) is 2.02. The Balaban J connectivity index is 2.41. The van der Waals surface area contributed by atoms with Crippen LogP contribution in [0.25, 0.3) is 0 Å². The fraction of sp³-hybridized carbons (Fsp3) is 0. The highest BCUT2D eigenvalue weighted by Gasteiger charge is 2.17. The predicted octanol–water partition coefficient (Wildman–Crippen LogP) is 1.92. The van der Waals surface area contributed by atoms with Crippen molar-refractivity contribution >= 4 is 12.1 Å². The molecule has 0 amide bonds. The zero-order valence-electron chi connectivity index (χ0n) is 7.10. The first kappa shape index (κ1) is 8.50. The van der Waals surface area contributed by atoms with E-state index in [9.17, 15) is 9.59 Å². The summed E-state index contributed by atoms with van der Waals surface area (Å²) in [7, 11) is 0. The SMILES string of the molecule is O=Cc1occc1C(=O)c1ccco1. The highest BCUT2D eigenvalue weighted by Crippen LogP contribution is 2.14. The minimum atomic E-state index is -0.356. The molecule has 0 saturated carbocycles. The van der Waals surface area contributed by atoms with Crippen LogP contribution in [-0.4, -0.2) is 12.1 Å². The first-order valence-corrected chi connectivity index (χ1v) is 3.94. The van der Waals surface area contributed by atoms with Gasteiger partial charge in [-0.15, -0.1) is 0 Å². The van der Waals surface area contributed by atoms with E-state index in [0.717, 1.165) is 0 Å². The van der Waals surface area contributed by atoms with E-state index in [-0.39, 0.29) is 22.9 Å². The van der Waals surface area contributed by atoms with E-state index in [2.05, 4.69) is 0 Å². The van der Waals surface area contributed by atoms with E-state index < -0.39 is 0 Å². The van der Waals surface area contributed by atoms with Crippen LogP contribution in [-0.2, 0) is 0 Å². The second kappa shape index (κ2) is 3.33. The Morgan fingerprint density at radius 3 is 2.71 bits per heavy atom. The molecule has 4 nitrogen and oxygen atoms in total. The average Bonchev–Trinajstić information content (AvgIpc) is 2.87. The summed E-state index contributed by atoms with van der Waals surface area (Å²) in [6, 6.07) is 4.58. The zero-order chi connectivity index (χ0) is 9.97. The molecule has 0 spiro atoms. The Morgan fingerprint density at radius 2 is 2.07 bits per heavy atom. The molecule has 14 heavy (non-hydrogen) atoms. The molecule has 0 bridgehead atoms. The first-order chi connectivity index (χ1) is 6.83. The van der Waals surface area contributed by atoms with Crippen molar-refractivity contribution in [1.29, 1.82) is 0 Å². The molecule has 0 saturated heterocycles. The minimum Gasteiger partial charge on any atom is -0.461 e. The summed E-state index contributed by atoms with van der Waals surface area (Å²) in [6.07, 6.45) is 3.18. The normalized spacial score (nSPS) is 10.0. The molecule has 0 fully saturated rings. The second-order valence-electron chi connectivity index (χ2n) is 2.62. The molecule has 0 aliphatic heterocycles. The summed E-state index contributed by atoms with van der Waals surface area (Å²) >= 11 is 0. The average molecular weight is 190 g/mol. The number of hydrogen-bond acceptors (Lipinski definition) is 4. The van der Waals surface area contributed by atoms with E-state index in [1.54, 1.807) is 6.07 Å². The molecule has 0 N–H and O–H groups in total. The van der Waals surface area contributed by atoms with Gasteiger partial charge in [-0.05, 0) is 18.2 Å². The summed E-state index contributed by atoms with van der Waals surface area (Å²) in [5.41, 5.74) is 0.218. The Labute approximate surface area is 79.1 Å². The standard InChI is InChI=1S/C10H6O4/c11-6-9-7(3-5-14-9)10(12)8-2-1-4-13-8/h1-6H. The monoisotopic (exact) mass is 190 g/mol. The van der Waals surface area contributed by atoms with Crippen molar-refractivity contribution in [2.45, 2.75) is 0 Å². The lowest BCUT2D eigenvalue weighted by Gasteiger charge is -1.92. The van der Waals surface area contributed by atoms with Gasteiger partial charge in [-0.2, -0.15) is 0 Å². The second-order valence-corrected chi connectivity index (χ2v) is 2.62. The van der Waals surface area contributed by atoms with E-state index in [4.69, 9.17) is 8.83 Å². The summed E-state index contributed by atoms with van der Waals surface area (Å²) in [6.45, 7) is 0. The molecule has 2 heterocycles. The number of hydrogen-bond donors (Lipinski definition) is 0. The van der Waals surface area contributed by atoms with Gasteiger partial charge in [0.25, 0.3) is 0 Å². The van der Waals surface area contributed by atoms with Crippen LogP contribution in [0.2, 0.25) is 0 Å². The van der Waals surface area contributed by atoms with E-state index in [1.165, 1.54) is 24.7 Å². The third kappa shape index (κ3) is 1.26. The van der Waals surface area contributed by atoms with Crippen molar-refractivity contribution in [2.24, 2.45) is 0 Å². The molecule has 0 unspecified atom stereocenters. The molecular weight excluding hydrogens is 184 g/mol. The van der Waals surface area contributed by atoms with Gasteiger partial charge >= 0.3 is 0 Å². The Morgan fingerprint density at radius 1 is 1.21 bits per heavy atom. The van der Waals surface area contributed by atoms with Crippen LogP contribution in [0.5, 0.6) is 0 Å². The lowest BCUT2D eigenvalue weighted by Crippen LogP contribution is -2.00. The minimum absolute atomic E-state index is 0.0198. The molecule has 70 valence electrons. The highest BCUT2D eigenvalue weighted by molar-refractivity contribution is 6.10. The molecule has 4 heteroatoms. The summed E-state index contributed by atoms with van der Waals surface area (Å²) in [5.74, 6) is -0.147. The Bertz CT molecular complexity index is 450. The quantitative estimate of drug-likeness (QED) is 0.548. The maximum Gasteiger partial charge on any atom is 0.232 e. The highest BCUT2D eigenvalue weighted by atomic mass is 16.3. The lowest BCUT2D eigenvalue weighted by molar-refractivity contribution is 0.0997. The fourth-order valence-corrected chi connectivity index (χ4v) is 1.14. The van der Waals surface area contributed by atoms with Crippen molar-refractivity contribution in [1.82, 2.24) is 0 Å². The van der Waals surface area contributed by atoms with Gasteiger partial charge in [0, 0.05) is 0 Å². The van der Waals surface area contributed by atoms with Gasteiger partial charge in [0.1, 0.15) is 0 Å². The topological polar surface area (TPSA) is 60.4 Å². The predicted molar refractivity (Wildman–Crippen MR) is 46.2 cm³/mol. The number of carbonyl (C=O) groups is 2. The van der Waals surface area contributed by atoms with E-state index in [0.29, 0.717) is 6.29 Å². The molecule has 0 radical (unpaired) electrons. The molecule has 0 aliphatic rings. The van der Waals surface area contributed by atoms with Crippen LogP contribution in [0.3, 0.4) is 0 Å². The van der Waals surface area contributed by atoms with Gasteiger partial charge in [0.2, 0.25) is 5.78 Å². The van der Waals surface area contributed by atoms with Gasteiger partial charge in [-0.1, -0.05) is 0 Å². The van der Waals surface area contributed by atoms with Crippen molar-refractivity contribution in [3.63, 3.8) is 0 Å². The lowest BCUT2D eigenvalue weighted by atomic mass is 10.1. The van der Waals surface area contributed by atoms with Crippen molar-refractivity contribution < 1.29 is 18.4 Å². The molecule has 2 rings (SSSR count). The van der Waals surface area contributed by atoms with E-state index >= 15 is 0 Å². The summed E-state index contributed by atoms with van der Waals surface area (Å²) in [4.78, 5) is 22.1. The largest absolute Gasteiger partial charge is 0.461 e. The molecule has 2 aromatic heterocycles. The van der Waals surface area contributed by atoms with Crippen LogP contribution in [0, 0.1) is 0 Å². The van der Waals surface area contributed by atoms with Crippen molar-refractivity contribution in [2.75, 3.05) is 0 Å². The van der Waals surface area contributed by atoms with Crippen LogP contribution >= 0.6 is 0 Å². The summed E-state index contributed by atoms with van der Waals surface area (Å²) in [5, 5.41) is 0. The van der Waals surface area contributed by atoms with Crippen LogP contribution in [0.4, 0.5) is 0 Å². The number of ketones is 1. The van der Waals surface area contributed by atoms with Gasteiger partial charge in [-0.3, -0.25) is 9.59 Å². The fourth-order valence-electron chi connectivity index (χ4n) is 1.14. The first-order valence-electron chi connectivity index (χ1n) is 3.94. The maximum atomic E-state index is 11.6. The molecule has 0 aliphatic carbocycles. The van der Waals surface area contributed by atoms with Crippen LogP contribution in [0.1, 0.15) is 26.7 Å². The van der Waals surface area contributed by atoms with Gasteiger partial charge in [0.15, 0.2) is 17.8 Å². The molecular formula is C10H6O4. The van der Waals surface area contributed by atoms with Gasteiger partial charge < -0.3 is 8.83 Å². The number of furan rings is 2. The molecule has 2 aromatic rings. The number of aldehydes is 1. The van der Waals surface area contributed by atoms with Gasteiger partial charge in [-0.25, -0.2) is 0 Å². The third-order valence-corrected chi connectivity index (χ3v) is 1.79. The Hall–Kier alpha value is -2.10. The van der Waals surface area contributed by atoms with E-state index in [1.807, 2.05) is 0 Å². The maximum absolute atomic E-state index is 11.6. The zero-order valence-corrected chi connectivity index (χ0v) is 7.10.